The van der Waals surface area contributed by atoms with E-state index in [1.54, 1.807) is 30.3 Å². The molecule has 0 aliphatic rings. The van der Waals surface area contributed by atoms with Gasteiger partial charge in [-0.2, -0.15) is 0 Å². The summed E-state index contributed by atoms with van der Waals surface area (Å²) < 4.78 is 15.6. The van der Waals surface area contributed by atoms with Crippen molar-refractivity contribution in [3.05, 3.63) is 48.4 Å². The van der Waals surface area contributed by atoms with Crippen molar-refractivity contribution in [3.63, 3.8) is 0 Å². The summed E-state index contributed by atoms with van der Waals surface area (Å²) in [6.07, 6.45) is 1.35. The van der Waals surface area contributed by atoms with Crippen LogP contribution in [0.5, 0.6) is 11.5 Å². The maximum absolute atomic E-state index is 11.7. The molecule has 138 valence electrons. The van der Waals surface area contributed by atoms with E-state index < -0.39 is 17.7 Å². The van der Waals surface area contributed by atoms with Gasteiger partial charge in [0, 0.05) is 0 Å². The lowest BCUT2D eigenvalue weighted by Crippen LogP contribution is -2.47. The monoisotopic (exact) mass is 361 g/mol. The van der Waals surface area contributed by atoms with Crippen LogP contribution >= 0.6 is 0 Å². The summed E-state index contributed by atoms with van der Waals surface area (Å²) in [6.45, 7) is 1.66. The highest BCUT2D eigenvalue weighted by atomic mass is 16.5. The van der Waals surface area contributed by atoms with Crippen LogP contribution in [0.3, 0.4) is 0 Å². The molecule has 0 saturated heterocycles. The summed E-state index contributed by atoms with van der Waals surface area (Å²) in [4.78, 5) is 34.9. The Morgan fingerprint density at radius 3 is 2.31 bits per heavy atom. The van der Waals surface area contributed by atoms with E-state index in [1.807, 2.05) is 6.92 Å². The number of furan rings is 1. The van der Waals surface area contributed by atoms with Gasteiger partial charge in [0.1, 0.15) is 0 Å². The predicted molar refractivity (Wildman–Crippen MR) is 90.4 cm³/mol. The average molecular weight is 361 g/mol. The van der Waals surface area contributed by atoms with Gasteiger partial charge in [0.15, 0.2) is 23.9 Å². The normalized spacial score (nSPS) is 9.88. The lowest BCUT2D eigenvalue weighted by atomic mass is 10.3. The molecular weight excluding hydrogens is 342 g/mol. The molecule has 2 aromatic rings. The van der Waals surface area contributed by atoms with Crippen molar-refractivity contribution in [1.82, 2.24) is 16.2 Å². The first-order chi connectivity index (χ1) is 12.6. The van der Waals surface area contributed by atoms with Gasteiger partial charge in [0.05, 0.1) is 19.4 Å². The Balaban J connectivity index is 1.68. The Kier molecular flexibility index (Phi) is 7.04. The topological polar surface area (TPSA) is 119 Å². The first-order valence-corrected chi connectivity index (χ1v) is 7.84. The molecule has 1 heterocycles. The van der Waals surface area contributed by atoms with Crippen molar-refractivity contribution in [2.45, 2.75) is 6.92 Å². The van der Waals surface area contributed by atoms with Gasteiger partial charge >= 0.3 is 0 Å². The number of rotatable bonds is 8. The van der Waals surface area contributed by atoms with Gasteiger partial charge in [-0.3, -0.25) is 25.2 Å². The fourth-order valence-electron chi connectivity index (χ4n) is 1.86. The van der Waals surface area contributed by atoms with Gasteiger partial charge in [-0.05, 0) is 31.2 Å². The first-order valence-electron chi connectivity index (χ1n) is 7.84. The summed E-state index contributed by atoms with van der Waals surface area (Å²) in [6, 6.07) is 9.95. The third kappa shape index (κ3) is 5.86. The van der Waals surface area contributed by atoms with Gasteiger partial charge < -0.3 is 19.2 Å². The largest absolute Gasteiger partial charge is 0.490 e. The number of hydrazine groups is 1. The van der Waals surface area contributed by atoms with E-state index in [-0.39, 0.29) is 18.9 Å². The number of amides is 3. The highest BCUT2D eigenvalue weighted by molar-refractivity contribution is 5.94. The minimum absolute atomic E-state index is 0.0863. The van der Waals surface area contributed by atoms with Crippen LogP contribution in [-0.2, 0) is 9.59 Å². The zero-order valence-electron chi connectivity index (χ0n) is 14.1. The number of carbonyl (C=O) groups excluding carboxylic acids is 3. The standard InChI is InChI=1S/C17H19N3O6/c1-2-24-12-6-3-4-7-13(12)26-11-16(22)20-19-15(21)10-18-17(23)14-8-5-9-25-14/h3-9H,2,10-11H2,1H3,(H,18,23)(H,19,21)(H,20,22). The Bertz CT molecular complexity index is 745. The van der Waals surface area contributed by atoms with Crippen molar-refractivity contribution < 1.29 is 28.3 Å². The van der Waals surface area contributed by atoms with Gasteiger partial charge in [-0.15, -0.1) is 0 Å². The van der Waals surface area contributed by atoms with Crippen LogP contribution < -0.4 is 25.6 Å². The van der Waals surface area contributed by atoms with E-state index in [4.69, 9.17) is 13.9 Å². The maximum atomic E-state index is 11.7. The molecule has 9 heteroatoms. The van der Waals surface area contributed by atoms with E-state index in [9.17, 15) is 14.4 Å². The summed E-state index contributed by atoms with van der Waals surface area (Å²) >= 11 is 0. The zero-order valence-corrected chi connectivity index (χ0v) is 14.1. The van der Waals surface area contributed by atoms with Gasteiger partial charge in [0.25, 0.3) is 17.7 Å². The summed E-state index contributed by atoms with van der Waals surface area (Å²) in [5.74, 6) is -0.681. The zero-order chi connectivity index (χ0) is 18.8. The van der Waals surface area contributed by atoms with Gasteiger partial charge in [0.2, 0.25) is 0 Å². The summed E-state index contributed by atoms with van der Waals surface area (Å²) in [7, 11) is 0. The second kappa shape index (κ2) is 9.72. The molecule has 1 aromatic heterocycles. The summed E-state index contributed by atoms with van der Waals surface area (Å²) in [5, 5.41) is 2.34. The molecule has 0 unspecified atom stereocenters. The number of carbonyl (C=O) groups is 3. The van der Waals surface area contributed by atoms with E-state index in [1.165, 1.54) is 12.3 Å². The van der Waals surface area contributed by atoms with Crippen LogP contribution in [0.4, 0.5) is 0 Å². The summed E-state index contributed by atoms with van der Waals surface area (Å²) in [5.41, 5.74) is 4.35. The fraction of sp³-hybridized carbons (Fsp3) is 0.235. The van der Waals surface area contributed by atoms with Crippen molar-refractivity contribution in [1.29, 1.82) is 0 Å². The average Bonchev–Trinajstić information content (AvgIpc) is 3.19. The van der Waals surface area contributed by atoms with E-state index in [0.29, 0.717) is 18.1 Å². The number of hydrogen-bond donors (Lipinski definition) is 3. The molecule has 3 amide bonds. The molecule has 0 aliphatic heterocycles. The van der Waals surface area contributed by atoms with Crippen LogP contribution in [0.15, 0.2) is 47.1 Å². The molecule has 3 N–H and O–H groups in total. The smallest absolute Gasteiger partial charge is 0.287 e. The Morgan fingerprint density at radius 2 is 1.65 bits per heavy atom. The molecule has 0 radical (unpaired) electrons. The van der Waals surface area contributed by atoms with E-state index >= 15 is 0 Å². The Labute approximate surface area is 149 Å². The van der Waals surface area contributed by atoms with Crippen molar-refractivity contribution >= 4 is 17.7 Å². The minimum Gasteiger partial charge on any atom is -0.490 e. The van der Waals surface area contributed by atoms with Crippen molar-refractivity contribution in [3.8, 4) is 11.5 Å². The number of hydrogen-bond acceptors (Lipinski definition) is 6. The Morgan fingerprint density at radius 1 is 0.962 bits per heavy atom. The molecule has 26 heavy (non-hydrogen) atoms. The quantitative estimate of drug-likeness (QED) is 0.594. The first kappa shape index (κ1) is 18.8. The number of benzene rings is 1. The molecule has 0 atom stereocenters. The lowest BCUT2D eigenvalue weighted by Gasteiger charge is -2.12. The number of para-hydroxylation sites is 2. The molecule has 0 bridgehead atoms. The second-order valence-electron chi connectivity index (χ2n) is 4.92. The van der Waals surface area contributed by atoms with Crippen LogP contribution in [0.2, 0.25) is 0 Å². The molecule has 0 spiro atoms. The highest BCUT2D eigenvalue weighted by Crippen LogP contribution is 2.26. The minimum atomic E-state index is -0.604. The third-order valence-corrected chi connectivity index (χ3v) is 3.00. The predicted octanol–water partition coefficient (Wildman–Crippen LogP) is 0.635. The van der Waals surface area contributed by atoms with Crippen LogP contribution in [0.25, 0.3) is 0 Å². The maximum Gasteiger partial charge on any atom is 0.287 e. The van der Waals surface area contributed by atoms with E-state index in [0.717, 1.165) is 0 Å². The molecule has 2 rings (SSSR count). The lowest BCUT2D eigenvalue weighted by molar-refractivity contribution is -0.129. The second-order valence-corrected chi connectivity index (χ2v) is 4.92. The number of ether oxygens (including phenoxy) is 2. The van der Waals surface area contributed by atoms with Crippen molar-refractivity contribution in [2.75, 3.05) is 19.8 Å². The van der Waals surface area contributed by atoms with Gasteiger partial charge in [-0.1, -0.05) is 12.1 Å². The fourth-order valence-corrected chi connectivity index (χ4v) is 1.86. The highest BCUT2D eigenvalue weighted by Gasteiger charge is 2.11. The van der Waals surface area contributed by atoms with Crippen LogP contribution in [0, 0.1) is 0 Å². The van der Waals surface area contributed by atoms with Crippen molar-refractivity contribution in [2.24, 2.45) is 0 Å². The molecule has 9 nitrogen and oxygen atoms in total. The molecule has 0 fully saturated rings. The van der Waals surface area contributed by atoms with Crippen LogP contribution in [-0.4, -0.2) is 37.5 Å². The third-order valence-electron chi connectivity index (χ3n) is 3.00. The molecule has 0 saturated carbocycles. The molecule has 1 aromatic carbocycles. The van der Waals surface area contributed by atoms with Crippen LogP contribution in [0.1, 0.15) is 17.5 Å². The Hall–Kier alpha value is -3.49. The number of nitrogens with one attached hydrogen (secondary N) is 3. The SMILES string of the molecule is CCOc1ccccc1OCC(=O)NNC(=O)CNC(=O)c1ccco1. The molecular formula is C17H19N3O6. The van der Waals surface area contributed by atoms with E-state index in [2.05, 4.69) is 16.2 Å². The van der Waals surface area contributed by atoms with Gasteiger partial charge in [-0.25, -0.2) is 0 Å². The molecule has 0 aliphatic carbocycles.